The van der Waals surface area contributed by atoms with Gasteiger partial charge in [0.05, 0.1) is 6.10 Å². The molecule has 86 valence electrons. The predicted molar refractivity (Wildman–Crippen MR) is 64.9 cm³/mol. The molecule has 0 aromatic heterocycles. The average molecular weight is 228 g/mol. The lowest BCUT2D eigenvalue weighted by Crippen LogP contribution is -2.52. The number of hydrogen-bond acceptors (Lipinski definition) is 2. The minimum atomic E-state index is 0.441. The summed E-state index contributed by atoms with van der Waals surface area (Å²) in [4.78, 5) is 0. The maximum Gasteiger partial charge on any atom is 0.166 e. The summed E-state index contributed by atoms with van der Waals surface area (Å²) in [5.41, 5.74) is 0. The molecule has 0 radical (unpaired) electrons. The smallest absolute Gasteiger partial charge is 0.166 e. The van der Waals surface area contributed by atoms with Crippen LogP contribution >= 0.6 is 12.2 Å². The van der Waals surface area contributed by atoms with Crippen molar-refractivity contribution in [2.24, 2.45) is 0 Å². The first-order valence-corrected chi connectivity index (χ1v) is 6.28. The summed E-state index contributed by atoms with van der Waals surface area (Å²) in [5, 5.41) is 7.57. The van der Waals surface area contributed by atoms with Crippen molar-refractivity contribution in [1.29, 1.82) is 0 Å². The van der Waals surface area contributed by atoms with Crippen molar-refractivity contribution >= 4 is 17.3 Å². The first-order valence-electron chi connectivity index (χ1n) is 5.87. The van der Waals surface area contributed by atoms with Crippen LogP contribution in [0.3, 0.4) is 0 Å². The highest BCUT2D eigenvalue weighted by atomic mass is 32.1. The molecule has 0 unspecified atom stereocenters. The quantitative estimate of drug-likeness (QED) is 0.718. The highest BCUT2D eigenvalue weighted by molar-refractivity contribution is 7.80. The Labute approximate surface area is 96.9 Å². The second kappa shape index (κ2) is 5.12. The average Bonchev–Trinajstić information content (AvgIpc) is 2.63. The fourth-order valence-corrected chi connectivity index (χ4v) is 2.69. The van der Waals surface area contributed by atoms with Crippen LogP contribution in [-0.2, 0) is 4.74 Å². The molecule has 15 heavy (non-hydrogen) atoms. The van der Waals surface area contributed by atoms with Crippen LogP contribution < -0.4 is 10.6 Å². The molecule has 2 aliphatic carbocycles. The molecule has 0 aromatic carbocycles. The zero-order chi connectivity index (χ0) is 10.7. The number of hydrogen-bond donors (Lipinski definition) is 2. The molecule has 0 spiro atoms. The van der Waals surface area contributed by atoms with Crippen molar-refractivity contribution in [1.82, 2.24) is 10.6 Å². The summed E-state index contributed by atoms with van der Waals surface area (Å²) in [7, 11) is 1.77. The van der Waals surface area contributed by atoms with Gasteiger partial charge < -0.3 is 15.4 Å². The molecule has 2 saturated carbocycles. The minimum absolute atomic E-state index is 0.441. The van der Waals surface area contributed by atoms with Gasteiger partial charge in [-0.3, -0.25) is 0 Å². The van der Waals surface area contributed by atoms with Gasteiger partial charge >= 0.3 is 0 Å². The van der Waals surface area contributed by atoms with Gasteiger partial charge in [0.1, 0.15) is 0 Å². The van der Waals surface area contributed by atoms with E-state index in [0.717, 1.165) is 18.0 Å². The fourth-order valence-electron chi connectivity index (χ4n) is 2.36. The van der Waals surface area contributed by atoms with Crippen molar-refractivity contribution in [2.75, 3.05) is 7.11 Å². The van der Waals surface area contributed by atoms with Gasteiger partial charge in [-0.15, -0.1) is 0 Å². The molecule has 4 heteroatoms. The summed E-state index contributed by atoms with van der Waals surface area (Å²) < 4.78 is 5.23. The van der Waals surface area contributed by atoms with E-state index in [4.69, 9.17) is 17.0 Å². The van der Waals surface area contributed by atoms with E-state index in [1.165, 1.54) is 25.7 Å². The molecule has 2 rings (SSSR count). The topological polar surface area (TPSA) is 33.3 Å². The summed E-state index contributed by atoms with van der Waals surface area (Å²) in [6.07, 6.45) is 7.84. The van der Waals surface area contributed by atoms with Gasteiger partial charge in [-0.05, 0) is 37.9 Å². The third kappa shape index (κ3) is 3.05. The zero-order valence-corrected chi connectivity index (χ0v) is 10.1. The number of thiocarbonyl (C=S) groups is 1. The van der Waals surface area contributed by atoms with Crippen LogP contribution in [0, 0.1) is 0 Å². The van der Waals surface area contributed by atoms with Crippen LogP contribution in [-0.4, -0.2) is 30.4 Å². The highest BCUT2D eigenvalue weighted by Crippen LogP contribution is 2.22. The Kier molecular flexibility index (Phi) is 3.81. The maximum atomic E-state index is 5.28. The lowest BCUT2D eigenvalue weighted by Gasteiger charge is -2.35. The Morgan fingerprint density at radius 1 is 1.13 bits per heavy atom. The number of rotatable bonds is 3. The van der Waals surface area contributed by atoms with Gasteiger partial charge in [-0.1, -0.05) is 12.8 Å². The number of nitrogens with one attached hydrogen (secondary N) is 2. The second-order valence-electron chi connectivity index (χ2n) is 4.63. The monoisotopic (exact) mass is 228 g/mol. The van der Waals surface area contributed by atoms with Gasteiger partial charge in [0, 0.05) is 19.2 Å². The largest absolute Gasteiger partial charge is 0.381 e. The van der Waals surface area contributed by atoms with E-state index in [-0.39, 0.29) is 0 Å². The molecule has 0 aliphatic heterocycles. The van der Waals surface area contributed by atoms with Gasteiger partial charge in [0.25, 0.3) is 0 Å². The lowest BCUT2D eigenvalue weighted by molar-refractivity contribution is 0.0225. The Morgan fingerprint density at radius 3 is 2.33 bits per heavy atom. The molecule has 2 aliphatic rings. The summed E-state index contributed by atoms with van der Waals surface area (Å²) >= 11 is 5.28. The van der Waals surface area contributed by atoms with E-state index >= 15 is 0 Å². The molecular formula is C11H20N2OS. The second-order valence-corrected chi connectivity index (χ2v) is 5.03. The molecule has 0 heterocycles. The molecule has 2 fully saturated rings. The van der Waals surface area contributed by atoms with E-state index in [1.54, 1.807) is 7.11 Å². The highest BCUT2D eigenvalue weighted by Gasteiger charge is 2.29. The molecule has 3 nitrogen and oxygen atoms in total. The predicted octanol–water partition coefficient (Wildman–Crippen LogP) is 1.57. The van der Waals surface area contributed by atoms with Crippen molar-refractivity contribution in [2.45, 2.75) is 56.7 Å². The van der Waals surface area contributed by atoms with Crippen molar-refractivity contribution in [3.63, 3.8) is 0 Å². The Morgan fingerprint density at radius 2 is 1.73 bits per heavy atom. The summed E-state index contributed by atoms with van der Waals surface area (Å²) in [5.74, 6) is 0. The summed E-state index contributed by atoms with van der Waals surface area (Å²) in [6.45, 7) is 0. The molecule has 0 atom stereocenters. The fraction of sp³-hybridized carbons (Fsp3) is 0.909. The molecule has 0 amide bonds. The number of methoxy groups -OCH3 is 1. The van der Waals surface area contributed by atoms with E-state index in [2.05, 4.69) is 10.6 Å². The van der Waals surface area contributed by atoms with E-state index in [1.807, 2.05) is 0 Å². The Balaban J connectivity index is 1.61. The first-order chi connectivity index (χ1) is 7.28. The zero-order valence-electron chi connectivity index (χ0n) is 9.29. The maximum absolute atomic E-state index is 5.28. The van der Waals surface area contributed by atoms with Crippen molar-refractivity contribution < 1.29 is 4.74 Å². The normalized spacial score (nSPS) is 31.0. The van der Waals surface area contributed by atoms with Gasteiger partial charge in [0.2, 0.25) is 0 Å². The summed E-state index contributed by atoms with van der Waals surface area (Å²) in [6, 6.07) is 1.14. The van der Waals surface area contributed by atoms with Gasteiger partial charge in [-0.2, -0.15) is 0 Å². The lowest BCUT2D eigenvalue weighted by atomic mass is 9.89. The molecule has 2 N–H and O–H groups in total. The minimum Gasteiger partial charge on any atom is -0.381 e. The van der Waals surface area contributed by atoms with Crippen molar-refractivity contribution in [3.05, 3.63) is 0 Å². The van der Waals surface area contributed by atoms with E-state index in [0.29, 0.717) is 18.2 Å². The van der Waals surface area contributed by atoms with Crippen LogP contribution in [0.1, 0.15) is 38.5 Å². The Hall–Kier alpha value is -0.350. The van der Waals surface area contributed by atoms with Crippen LogP contribution in [0.25, 0.3) is 0 Å². The van der Waals surface area contributed by atoms with Crippen LogP contribution in [0.2, 0.25) is 0 Å². The van der Waals surface area contributed by atoms with Gasteiger partial charge in [-0.25, -0.2) is 0 Å². The Bertz CT molecular complexity index is 223. The SMILES string of the molecule is COC1CC(NC(=S)NC2CCCC2)C1. The molecule has 0 saturated heterocycles. The number of ether oxygens (including phenoxy) is 1. The standard InChI is InChI=1S/C11H20N2OS/c1-14-10-6-9(7-10)13-11(15)12-8-4-2-3-5-8/h8-10H,2-7H2,1H3,(H2,12,13,15). The molecule has 0 bridgehead atoms. The van der Waals surface area contributed by atoms with Crippen LogP contribution in [0.4, 0.5) is 0 Å². The van der Waals surface area contributed by atoms with Crippen molar-refractivity contribution in [3.8, 4) is 0 Å². The first kappa shape index (κ1) is 11.1. The van der Waals surface area contributed by atoms with Crippen LogP contribution in [0.15, 0.2) is 0 Å². The third-order valence-corrected chi connectivity index (χ3v) is 3.69. The van der Waals surface area contributed by atoms with Crippen LogP contribution in [0.5, 0.6) is 0 Å². The van der Waals surface area contributed by atoms with Gasteiger partial charge in [0.15, 0.2) is 5.11 Å². The molecule has 0 aromatic rings. The van der Waals surface area contributed by atoms with E-state index < -0.39 is 0 Å². The van der Waals surface area contributed by atoms with E-state index in [9.17, 15) is 0 Å². The third-order valence-electron chi connectivity index (χ3n) is 3.45. The molecular weight excluding hydrogens is 208 g/mol.